The van der Waals surface area contributed by atoms with Crippen molar-refractivity contribution < 1.29 is 9.84 Å². The minimum Gasteiger partial charge on any atom is -0.493 e. The van der Waals surface area contributed by atoms with Gasteiger partial charge in [-0.3, -0.25) is 0 Å². The van der Waals surface area contributed by atoms with Gasteiger partial charge in [-0.2, -0.15) is 0 Å². The fourth-order valence-corrected chi connectivity index (χ4v) is 4.48. The van der Waals surface area contributed by atoms with Gasteiger partial charge in [-0.25, -0.2) is 0 Å². The van der Waals surface area contributed by atoms with Crippen LogP contribution in [0, 0.1) is 5.92 Å². The van der Waals surface area contributed by atoms with Gasteiger partial charge in [0.25, 0.3) is 0 Å². The van der Waals surface area contributed by atoms with E-state index in [1.54, 1.807) is 0 Å². The largest absolute Gasteiger partial charge is 0.493 e. The number of aryl methyl sites for hydroxylation is 1. The molecule has 4 nitrogen and oxygen atoms in total. The summed E-state index contributed by atoms with van der Waals surface area (Å²) in [7, 11) is 4.17. The molecule has 0 unspecified atom stereocenters. The highest BCUT2D eigenvalue weighted by Gasteiger charge is 2.21. The maximum absolute atomic E-state index is 9.03. The summed E-state index contributed by atoms with van der Waals surface area (Å²) in [6.45, 7) is 2.65. The molecule has 1 aliphatic rings. The molecule has 1 aliphatic carbocycles. The lowest BCUT2D eigenvalue weighted by atomic mass is 9.81. The van der Waals surface area contributed by atoms with Gasteiger partial charge >= 0.3 is 0 Å². The first-order valence-corrected chi connectivity index (χ1v) is 11.4. The average Bonchev–Trinajstić information content (AvgIpc) is 2.75. The summed E-state index contributed by atoms with van der Waals surface area (Å²) in [4.78, 5) is 2.17. The Hall–Kier alpha value is -1.88. The van der Waals surface area contributed by atoms with Crippen molar-refractivity contribution in [1.29, 1.82) is 0 Å². The molecule has 2 aromatic rings. The second-order valence-corrected chi connectivity index (χ2v) is 8.99. The molecule has 2 atom stereocenters. The summed E-state index contributed by atoms with van der Waals surface area (Å²) in [5.41, 5.74) is 11.6. The van der Waals surface area contributed by atoms with Crippen molar-refractivity contribution in [3.05, 3.63) is 64.7 Å². The van der Waals surface area contributed by atoms with Crippen LogP contribution in [-0.4, -0.2) is 43.9 Å². The first-order valence-electron chi connectivity index (χ1n) is 11.4. The molecule has 3 N–H and O–H groups in total. The molecule has 3 rings (SSSR count). The number of benzene rings is 2. The number of hydrogen-bond acceptors (Lipinski definition) is 4. The third-order valence-electron chi connectivity index (χ3n) is 6.16. The van der Waals surface area contributed by atoms with Crippen molar-refractivity contribution in [2.75, 3.05) is 33.9 Å². The minimum absolute atomic E-state index is 0.269. The van der Waals surface area contributed by atoms with Crippen LogP contribution in [0.5, 0.6) is 5.75 Å². The molecule has 0 heterocycles. The van der Waals surface area contributed by atoms with Gasteiger partial charge in [-0.1, -0.05) is 36.8 Å². The minimum atomic E-state index is 0.269. The van der Waals surface area contributed by atoms with Gasteiger partial charge in [-0.15, -0.1) is 0 Å². The van der Waals surface area contributed by atoms with Crippen molar-refractivity contribution in [3.63, 3.8) is 0 Å². The molecule has 0 spiro atoms. The highest BCUT2D eigenvalue weighted by atomic mass is 16.5. The zero-order chi connectivity index (χ0) is 21.3. The molecule has 0 aromatic heterocycles. The van der Waals surface area contributed by atoms with Crippen LogP contribution in [0.4, 0.5) is 0 Å². The molecule has 30 heavy (non-hydrogen) atoms. The highest BCUT2D eigenvalue weighted by molar-refractivity contribution is 5.36. The smallest absolute Gasteiger partial charge is 0.119 e. The summed E-state index contributed by atoms with van der Waals surface area (Å²) in [5, 5.41) is 9.03. The lowest BCUT2D eigenvalue weighted by Crippen LogP contribution is -2.21. The highest BCUT2D eigenvalue weighted by Crippen LogP contribution is 2.30. The maximum Gasteiger partial charge on any atom is 0.119 e. The lowest BCUT2D eigenvalue weighted by Gasteiger charge is -2.26. The van der Waals surface area contributed by atoms with Crippen LogP contribution < -0.4 is 10.5 Å². The molecule has 0 saturated heterocycles. The summed E-state index contributed by atoms with van der Waals surface area (Å²) in [5.74, 6) is 1.94. The third-order valence-corrected chi connectivity index (χ3v) is 6.16. The van der Waals surface area contributed by atoms with Crippen molar-refractivity contribution in [1.82, 2.24) is 4.90 Å². The monoisotopic (exact) mass is 410 g/mol. The second kappa shape index (κ2) is 11.5. The van der Waals surface area contributed by atoms with Crippen molar-refractivity contribution in [2.45, 2.75) is 51.0 Å². The summed E-state index contributed by atoms with van der Waals surface area (Å²) >= 11 is 0. The number of hydrogen-bond donors (Lipinski definition) is 2. The van der Waals surface area contributed by atoms with Gasteiger partial charge in [0.15, 0.2) is 0 Å². The Balaban J connectivity index is 1.56. The molecule has 0 bridgehead atoms. The topological polar surface area (TPSA) is 58.7 Å². The normalized spacial score (nSPS) is 17.0. The van der Waals surface area contributed by atoms with Crippen LogP contribution >= 0.6 is 0 Å². The molecule has 0 radical (unpaired) electrons. The Kier molecular flexibility index (Phi) is 8.74. The van der Waals surface area contributed by atoms with E-state index in [2.05, 4.69) is 61.5 Å². The van der Waals surface area contributed by atoms with Gasteiger partial charge < -0.3 is 20.5 Å². The Labute approximate surface area is 182 Å². The van der Waals surface area contributed by atoms with Crippen LogP contribution in [0.2, 0.25) is 0 Å². The quantitative estimate of drug-likeness (QED) is 0.547. The van der Waals surface area contributed by atoms with E-state index in [4.69, 9.17) is 15.6 Å². The zero-order valence-electron chi connectivity index (χ0n) is 18.6. The molecule has 164 valence electrons. The fraction of sp³-hybridized carbons (Fsp3) is 0.538. The standard InChI is InChI=1S/C26H38N2O2/c1-28(2)18-20-6-5-8-26(15-20)30-19-21-9-10-23-16-24(12-11-22(23)14-21)25(17-27)7-3-4-13-29/h5-6,8,11-12,15-16,21,25,29H,3-4,7,9-10,13-14,17-19,27H2,1-2H3/t21-,25+/m1/s1. The fourth-order valence-electron chi connectivity index (χ4n) is 4.48. The van der Waals surface area contributed by atoms with E-state index < -0.39 is 0 Å². The summed E-state index contributed by atoms with van der Waals surface area (Å²) in [6, 6.07) is 15.4. The zero-order valence-corrected chi connectivity index (χ0v) is 18.6. The number of nitrogens with zero attached hydrogens (tertiary/aromatic N) is 1. The second-order valence-electron chi connectivity index (χ2n) is 8.99. The first kappa shape index (κ1) is 22.8. The van der Waals surface area contributed by atoms with E-state index in [1.807, 2.05) is 0 Å². The van der Waals surface area contributed by atoms with Gasteiger partial charge in [-0.05, 0) is 99.0 Å². The molecule has 0 aliphatic heterocycles. The van der Waals surface area contributed by atoms with Gasteiger partial charge in [0, 0.05) is 13.2 Å². The third kappa shape index (κ3) is 6.56. The van der Waals surface area contributed by atoms with Crippen molar-refractivity contribution >= 4 is 0 Å². The number of nitrogens with two attached hydrogens (primary N) is 1. The van der Waals surface area contributed by atoms with Gasteiger partial charge in [0.2, 0.25) is 0 Å². The Morgan fingerprint density at radius 2 is 2.00 bits per heavy atom. The van der Waals surface area contributed by atoms with Crippen LogP contribution in [0.15, 0.2) is 42.5 Å². The Morgan fingerprint density at radius 1 is 1.13 bits per heavy atom. The number of fused-ring (bicyclic) bond motifs is 1. The number of aliphatic hydroxyl groups is 1. The van der Waals surface area contributed by atoms with Crippen LogP contribution in [-0.2, 0) is 19.4 Å². The molecule has 0 fully saturated rings. The number of ether oxygens (including phenoxy) is 1. The van der Waals surface area contributed by atoms with E-state index in [1.165, 1.54) is 28.7 Å². The van der Waals surface area contributed by atoms with E-state index >= 15 is 0 Å². The van der Waals surface area contributed by atoms with Gasteiger partial charge in [0.05, 0.1) is 6.61 Å². The predicted molar refractivity (Wildman–Crippen MR) is 124 cm³/mol. The van der Waals surface area contributed by atoms with Crippen LogP contribution in [0.1, 0.15) is 53.9 Å². The van der Waals surface area contributed by atoms with Crippen LogP contribution in [0.3, 0.4) is 0 Å². The number of rotatable bonds is 11. The van der Waals surface area contributed by atoms with E-state index in [0.717, 1.165) is 51.0 Å². The lowest BCUT2D eigenvalue weighted by molar-refractivity contribution is 0.234. The molecule has 0 amide bonds. The van der Waals surface area contributed by atoms with E-state index in [9.17, 15) is 0 Å². The van der Waals surface area contributed by atoms with Crippen molar-refractivity contribution in [3.8, 4) is 5.75 Å². The van der Waals surface area contributed by atoms with E-state index in [-0.39, 0.29) is 6.61 Å². The summed E-state index contributed by atoms with van der Waals surface area (Å²) < 4.78 is 6.16. The van der Waals surface area contributed by atoms with E-state index in [0.29, 0.717) is 18.4 Å². The SMILES string of the molecule is CN(C)Cc1cccc(OC[C@@H]2CCc3cc([C@H](CN)CCCCO)ccc3C2)c1. The molecular formula is C26H38N2O2. The number of aliphatic hydroxyl groups excluding tert-OH is 1. The average molecular weight is 411 g/mol. The molecule has 4 heteroatoms. The first-order chi connectivity index (χ1) is 14.6. The maximum atomic E-state index is 9.03. The van der Waals surface area contributed by atoms with Crippen LogP contribution in [0.25, 0.3) is 0 Å². The molecule has 0 saturated carbocycles. The Bertz CT molecular complexity index is 790. The molecular weight excluding hydrogens is 372 g/mol. The number of unbranched alkanes of at least 4 members (excludes halogenated alkanes) is 1. The summed E-state index contributed by atoms with van der Waals surface area (Å²) in [6.07, 6.45) is 6.33. The Morgan fingerprint density at radius 3 is 2.77 bits per heavy atom. The molecule has 2 aromatic carbocycles. The van der Waals surface area contributed by atoms with Crippen molar-refractivity contribution in [2.24, 2.45) is 11.7 Å². The predicted octanol–water partition coefficient (Wildman–Crippen LogP) is 4.14. The van der Waals surface area contributed by atoms with Gasteiger partial charge in [0.1, 0.15) is 5.75 Å².